The second-order valence-corrected chi connectivity index (χ2v) is 7.31. The minimum atomic E-state index is -0.0680. The molecule has 7 nitrogen and oxygen atoms in total. The molecular formula is C21H20N4O3S. The standard InChI is InChI=1S/C21H20N4O3S/c1-27-17-7-8-19-18(11-17)24-21(29-19)25(13-15-12-22-14-23-15)20(26)9-10-28-16-5-3-2-4-6-16/h2-8,11-12,14H,9-10,13H2,1H3,(H,22,23). The van der Waals surface area contributed by atoms with Crippen molar-refractivity contribution in [1.82, 2.24) is 15.0 Å². The summed E-state index contributed by atoms with van der Waals surface area (Å²) in [5.41, 5.74) is 1.63. The van der Waals surface area contributed by atoms with Gasteiger partial charge in [0.15, 0.2) is 5.13 Å². The molecule has 0 bridgehead atoms. The summed E-state index contributed by atoms with van der Waals surface area (Å²) in [6, 6.07) is 15.2. The van der Waals surface area contributed by atoms with E-state index in [1.54, 1.807) is 24.5 Å². The molecule has 0 saturated carbocycles. The number of carbonyl (C=O) groups is 1. The highest BCUT2D eigenvalue weighted by Crippen LogP contribution is 2.32. The highest BCUT2D eigenvalue weighted by molar-refractivity contribution is 7.22. The molecule has 0 aliphatic rings. The zero-order valence-electron chi connectivity index (χ0n) is 15.9. The van der Waals surface area contributed by atoms with Crippen molar-refractivity contribution in [2.75, 3.05) is 18.6 Å². The average Bonchev–Trinajstić information content (AvgIpc) is 3.41. The van der Waals surface area contributed by atoms with Crippen LogP contribution in [0.3, 0.4) is 0 Å². The van der Waals surface area contributed by atoms with Crippen LogP contribution in [0, 0.1) is 0 Å². The number of nitrogens with zero attached hydrogens (tertiary/aromatic N) is 3. The summed E-state index contributed by atoms with van der Waals surface area (Å²) in [5, 5.41) is 0.632. The fourth-order valence-corrected chi connectivity index (χ4v) is 3.81. The molecule has 0 unspecified atom stereocenters. The zero-order chi connectivity index (χ0) is 20.1. The lowest BCUT2D eigenvalue weighted by molar-refractivity contribution is -0.119. The molecule has 0 radical (unpaired) electrons. The van der Waals surface area contributed by atoms with Crippen molar-refractivity contribution in [2.45, 2.75) is 13.0 Å². The maximum absolute atomic E-state index is 13.0. The largest absolute Gasteiger partial charge is 0.497 e. The Balaban J connectivity index is 1.53. The number of ether oxygens (including phenoxy) is 2. The van der Waals surface area contributed by atoms with Crippen LogP contribution in [0.1, 0.15) is 12.1 Å². The number of anilines is 1. The number of H-pyrrole nitrogens is 1. The van der Waals surface area contributed by atoms with Gasteiger partial charge in [0, 0.05) is 12.3 Å². The van der Waals surface area contributed by atoms with E-state index in [1.165, 1.54) is 11.3 Å². The Kier molecular flexibility index (Phi) is 5.71. The van der Waals surface area contributed by atoms with E-state index in [-0.39, 0.29) is 12.3 Å². The minimum absolute atomic E-state index is 0.0680. The van der Waals surface area contributed by atoms with E-state index in [4.69, 9.17) is 9.47 Å². The second-order valence-electron chi connectivity index (χ2n) is 6.30. The number of hydrogen-bond acceptors (Lipinski definition) is 6. The molecule has 1 N–H and O–H groups in total. The molecular weight excluding hydrogens is 388 g/mol. The maximum atomic E-state index is 13.0. The first-order valence-corrected chi connectivity index (χ1v) is 9.94. The lowest BCUT2D eigenvalue weighted by Crippen LogP contribution is -2.31. The van der Waals surface area contributed by atoms with E-state index in [2.05, 4.69) is 15.0 Å². The predicted octanol–water partition coefficient (Wildman–Crippen LogP) is 4.03. The number of aromatic amines is 1. The molecule has 8 heteroatoms. The van der Waals surface area contributed by atoms with Crippen molar-refractivity contribution in [3.8, 4) is 11.5 Å². The van der Waals surface area contributed by atoms with Crippen molar-refractivity contribution in [2.24, 2.45) is 0 Å². The molecule has 148 valence electrons. The molecule has 0 fully saturated rings. The lowest BCUT2D eigenvalue weighted by atomic mass is 10.3. The number of amides is 1. The lowest BCUT2D eigenvalue weighted by Gasteiger charge is -2.19. The molecule has 4 rings (SSSR count). The Bertz CT molecular complexity index is 1080. The SMILES string of the molecule is COc1ccc2sc(N(Cc3cnc[nH]3)C(=O)CCOc3ccccc3)nc2c1. The molecule has 2 heterocycles. The first-order valence-electron chi connectivity index (χ1n) is 9.13. The smallest absolute Gasteiger partial charge is 0.232 e. The number of nitrogens with one attached hydrogen (secondary N) is 1. The van der Waals surface area contributed by atoms with Crippen LogP contribution in [-0.4, -0.2) is 34.6 Å². The number of methoxy groups -OCH3 is 1. The van der Waals surface area contributed by atoms with E-state index >= 15 is 0 Å². The fourth-order valence-electron chi connectivity index (χ4n) is 2.85. The molecule has 0 aliphatic heterocycles. The number of imidazole rings is 1. The first kappa shape index (κ1) is 18.9. The van der Waals surface area contributed by atoms with Crippen LogP contribution in [0.2, 0.25) is 0 Å². The van der Waals surface area contributed by atoms with Gasteiger partial charge in [-0.2, -0.15) is 0 Å². The number of carbonyl (C=O) groups excluding carboxylic acids is 1. The van der Waals surface area contributed by atoms with Crippen LogP contribution in [0.25, 0.3) is 10.2 Å². The van der Waals surface area contributed by atoms with Crippen LogP contribution in [0.15, 0.2) is 61.1 Å². The van der Waals surface area contributed by atoms with Crippen LogP contribution >= 0.6 is 11.3 Å². The van der Waals surface area contributed by atoms with E-state index in [0.717, 1.165) is 27.4 Å². The molecule has 2 aromatic carbocycles. The second kappa shape index (κ2) is 8.74. The van der Waals surface area contributed by atoms with Gasteiger partial charge in [-0.05, 0) is 24.3 Å². The van der Waals surface area contributed by atoms with Gasteiger partial charge in [-0.3, -0.25) is 9.69 Å². The van der Waals surface area contributed by atoms with Gasteiger partial charge >= 0.3 is 0 Å². The fraction of sp³-hybridized carbons (Fsp3) is 0.190. The molecule has 4 aromatic rings. The van der Waals surface area contributed by atoms with E-state index < -0.39 is 0 Å². The number of rotatable bonds is 8. The van der Waals surface area contributed by atoms with Gasteiger partial charge in [0.05, 0.1) is 48.9 Å². The van der Waals surface area contributed by atoms with Crippen LogP contribution < -0.4 is 14.4 Å². The summed E-state index contributed by atoms with van der Waals surface area (Å²) >= 11 is 1.47. The Morgan fingerprint density at radius 3 is 2.79 bits per heavy atom. The first-order chi connectivity index (χ1) is 14.2. The van der Waals surface area contributed by atoms with E-state index in [9.17, 15) is 4.79 Å². The van der Waals surface area contributed by atoms with Gasteiger partial charge in [-0.1, -0.05) is 29.5 Å². The van der Waals surface area contributed by atoms with Crippen LogP contribution in [-0.2, 0) is 11.3 Å². The Morgan fingerprint density at radius 1 is 1.17 bits per heavy atom. The van der Waals surface area contributed by atoms with Crippen molar-refractivity contribution in [1.29, 1.82) is 0 Å². The number of thiazole rings is 1. The monoisotopic (exact) mass is 408 g/mol. The molecule has 0 aliphatic carbocycles. The van der Waals surface area contributed by atoms with Crippen molar-refractivity contribution in [3.05, 3.63) is 66.7 Å². The number of para-hydroxylation sites is 1. The molecule has 0 spiro atoms. The number of aromatic nitrogens is 3. The van der Waals surface area contributed by atoms with Gasteiger partial charge in [-0.25, -0.2) is 9.97 Å². The summed E-state index contributed by atoms with van der Waals surface area (Å²) < 4.78 is 11.9. The zero-order valence-corrected chi connectivity index (χ0v) is 16.7. The average molecular weight is 408 g/mol. The van der Waals surface area contributed by atoms with Crippen molar-refractivity contribution >= 4 is 32.6 Å². The Labute approximate surface area is 171 Å². The molecule has 0 atom stereocenters. The third-order valence-corrected chi connectivity index (χ3v) is 5.39. The third-order valence-electron chi connectivity index (χ3n) is 4.33. The van der Waals surface area contributed by atoms with Gasteiger partial charge in [0.2, 0.25) is 5.91 Å². The van der Waals surface area contributed by atoms with Crippen molar-refractivity contribution < 1.29 is 14.3 Å². The van der Waals surface area contributed by atoms with Crippen molar-refractivity contribution in [3.63, 3.8) is 0 Å². The van der Waals surface area contributed by atoms with Gasteiger partial charge in [-0.15, -0.1) is 0 Å². The highest BCUT2D eigenvalue weighted by atomic mass is 32.1. The van der Waals surface area contributed by atoms with E-state index in [1.807, 2.05) is 48.5 Å². The summed E-state index contributed by atoms with van der Waals surface area (Å²) in [4.78, 5) is 26.4. The summed E-state index contributed by atoms with van der Waals surface area (Å²) in [6.45, 7) is 0.655. The molecule has 1 amide bonds. The van der Waals surface area contributed by atoms with Crippen LogP contribution in [0.4, 0.5) is 5.13 Å². The maximum Gasteiger partial charge on any atom is 0.232 e. The topological polar surface area (TPSA) is 80.3 Å². The van der Waals surface area contributed by atoms with Gasteiger partial charge < -0.3 is 14.5 Å². The summed E-state index contributed by atoms with van der Waals surface area (Å²) in [6.07, 6.45) is 3.54. The third kappa shape index (κ3) is 4.55. The quantitative estimate of drug-likeness (QED) is 0.476. The van der Waals surface area contributed by atoms with E-state index in [0.29, 0.717) is 18.3 Å². The molecule has 2 aromatic heterocycles. The number of fused-ring (bicyclic) bond motifs is 1. The number of hydrogen-bond donors (Lipinski definition) is 1. The normalized spacial score (nSPS) is 10.8. The Hall–Kier alpha value is -3.39. The van der Waals surface area contributed by atoms with Crippen LogP contribution in [0.5, 0.6) is 11.5 Å². The highest BCUT2D eigenvalue weighted by Gasteiger charge is 2.21. The summed E-state index contributed by atoms with van der Waals surface area (Å²) in [5.74, 6) is 1.41. The Morgan fingerprint density at radius 2 is 2.03 bits per heavy atom. The van der Waals surface area contributed by atoms with Gasteiger partial charge in [0.25, 0.3) is 0 Å². The molecule has 29 heavy (non-hydrogen) atoms. The molecule has 0 saturated heterocycles. The predicted molar refractivity (Wildman–Crippen MR) is 113 cm³/mol. The van der Waals surface area contributed by atoms with Gasteiger partial charge in [0.1, 0.15) is 11.5 Å². The minimum Gasteiger partial charge on any atom is -0.497 e. The summed E-state index contributed by atoms with van der Waals surface area (Å²) in [7, 11) is 1.62. The number of benzene rings is 2.